The Morgan fingerprint density at radius 3 is 2.67 bits per heavy atom. The summed E-state index contributed by atoms with van der Waals surface area (Å²) in [5, 5.41) is 9.32. The maximum Gasteiger partial charge on any atom is 0.254 e. The Bertz CT molecular complexity index is 607. The molecule has 6 heteroatoms. The highest BCUT2D eigenvalue weighted by Crippen LogP contribution is 2.03. The van der Waals surface area contributed by atoms with Crippen molar-refractivity contribution < 1.29 is 9.59 Å². The summed E-state index contributed by atoms with van der Waals surface area (Å²) in [5.74, 6) is -0.511. The zero-order valence-corrected chi connectivity index (χ0v) is 11.9. The fourth-order valence-corrected chi connectivity index (χ4v) is 1.86. The van der Waals surface area contributed by atoms with Crippen molar-refractivity contribution >= 4 is 11.8 Å². The van der Waals surface area contributed by atoms with Gasteiger partial charge in [-0.15, -0.1) is 0 Å². The van der Waals surface area contributed by atoms with E-state index >= 15 is 0 Å². The van der Waals surface area contributed by atoms with Crippen LogP contribution < -0.4 is 10.6 Å². The normalized spacial score (nSPS) is 10.1. The molecule has 6 nitrogen and oxygen atoms in total. The third-order valence-corrected chi connectivity index (χ3v) is 2.87. The van der Waals surface area contributed by atoms with Crippen molar-refractivity contribution in [3.8, 4) is 0 Å². The predicted molar refractivity (Wildman–Crippen MR) is 78.8 cm³/mol. The van der Waals surface area contributed by atoms with E-state index in [9.17, 15) is 9.59 Å². The fourth-order valence-electron chi connectivity index (χ4n) is 1.86. The van der Waals surface area contributed by atoms with Crippen LogP contribution in [0.2, 0.25) is 0 Å². The van der Waals surface area contributed by atoms with Gasteiger partial charge in [-0.05, 0) is 12.5 Å². The average Bonchev–Trinajstić information content (AvgIpc) is 2.95. The summed E-state index contributed by atoms with van der Waals surface area (Å²) < 4.78 is 1.69. The quantitative estimate of drug-likeness (QED) is 0.824. The monoisotopic (exact) mass is 286 g/mol. The van der Waals surface area contributed by atoms with E-state index in [1.54, 1.807) is 10.9 Å². The van der Waals surface area contributed by atoms with Gasteiger partial charge in [0.15, 0.2) is 0 Å². The number of nitrogens with zero attached hydrogens (tertiary/aromatic N) is 2. The maximum absolute atomic E-state index is 11.9. The molecule has 0 spiro atoms. The summed E-state index contributed by atoms with van der Waals surface area (Å²) >= 11 is 0. The molecular formula is C15H18N4O2. The molecule has 0 saturated carbocycles. The van der Waals surface area contributed by atoms with E-state index < -0.39 is 0 Å². The van der Waals surface area contributed by atoms with E-state index in [4.69, 9.17) is 0 Å². The Morgan fingerprint density at radius 2 is 1.95 bits per heavy atom. The molecule has 0 aliphatic carbocycles. The maximum atomic E-state index is 11.9. The van der Waals surface area contributed by atoms with Crippen LogP contribution in [-0.4, -0.2) is 34.7 Å². The molecule has 1 aromatic carbocycles. The van der Waals surface area contributed by atoms with Crippen LogP contribution in [-0.2, 0) is 11.3 Å². The standard InChI is InChI=1S/C15H18N4O2/c1-2-16-14(20)9-17-15(21)13-8-18-19(11-13)10-12-6-4-3-5-7-12/h3-8,11H,2,9-10H2,1H3,(H,16,20)(H,17,21). The van der Waals surface area contributed by atoms with Crippen molar-refractivity contribution in [1.29, 1.82) is 0 Å². The Labute approximate surface area is 123 Å². The molecule has 0 atom stereocenters. The van der Waals surface area contributed by atoms with Gasteiger partial charge >= 0.3 is 0 Å². The highest BCUT2D eigenvalue weighted by Gasteiger charge is 2.10. The highest BCUT2D eigenvalue weighted by atomic mass is 16.2. The number of carbonyl (C=O) groups excluding carboxylic acids is 2. The Hall–Kier alpha value is -2.63. The number of rotatable bonds is 6. The molecule has 2 rings (SSSR count). The summed E-state index contributed by atoms with van der Waals surface area (Å²) in [6.45, 7) is 2.94. The Balaban J connectivity index is 1.90. The SMILES string of the molecule is CCNC(=O)CNC(=O)c1cnn(Cc2ccccc2)c1. The molecule has 0 bridgehead atoms. The first-order valence-corrected chi connectivity index (χ1v) is 6.80. The van der Waals surface area contributed by atoms with Crippen molar-refractivity contribution in [2.24, 2.45) is 0 Å². The Morgan fingerprint density at radius 1 is 1.19 bits per heavy atom. The van der Waals surface area contributed by atoms with Gasteiger partial charge in [0, 0.05) is 12.7 Å². The first-order valence-electron chi connectivity index (χ1n) is 6.80. The first kappa shape index (κ1) is 14.8. The molecule has 0 aliphatic rings. The third kappa shape index (κ3) is 4.45. The zero-order valence-electron chi connectivity index (χ0n) is 11.9. The zero-order chi connectivity index (χ0) is 15.1. The van der Waals surface area contributed by atoms with E-state index in [1.807, 2.05) is 37.3 Å². The van der Waals surface area contributed by atoms with Gasteiger partial charge in [-0.25, -0.2) is 0 Å². The molecule has 1 heterocycles. The van der Waals surface area contributed by atoms with E-state index in [2.05, 4.69) is 15.7 Å². The van der Waals surface area contributed by atoms with Gasteiger partial charge in [-0.3, -0.25) is 14.3 Å². The molecule has 0 unspecified atom stereocenters. The predicted octanol–water partition coefficient (Wildman–Crippen LogP) is 0.797. The topological polar surface area (TPSA) is 76.0 Å². The lowest BCUT2D eigenvalue weighted by Crippen LogP contribution is -2.36. The number of amides is 2. The third-order valence-electron chi connectivity index (χ3n) is 2.87. The largest absolute Gasteiger partial charge is 0.355 e. The molecule has 2 amide bonds. The number of aromatic nitrogens is 2. The molecule has 2 N–H and O–H groups in total. The minimum atomic E-state index is -0.305. The van der Waals surface area contributed by atoms with Crippen molar-refractivity contribution in [2.45, 2.75) is 13.5 Å². The molecule has 0 radical (unpaired) electrons. The van der Waals surface area contributed by atoms with Gasteiger partial charge in [-0.1, -0.05) is 30.3 Å². The highest BCUT2D eigenvalue weighted by molar-refractivity contribution is 5.96. The van der Waals surface area contributed by atoms with Crippen LogP contribution in [0.4, 0.5) is 0 Å². The lowest BCUT2D eigenvalue weighted by molar-refractivity contribution is -0.120. The van der Waals surface area contributed by atoms with Gasteiger partial charge < -0.3 is 10.6 Å². The van der Waals surface area contributed by atoms with Crippen LogP contribution in [0.1, 0.15) is 22.8 Å². The summed E-state index contributed by atoms with van der Waals surface area (Å²) in [5.41, 5.74) is 1.55. The summed E-state index contributed by atoms with van der Waals surface area (Å²) in [6.07, 6.45) is 3.16. The van der Waals surface area contributed by atoms with Crippen LogP contribution in [0.5, 0.6) is 0 Å². The molecule has 0 aliphatic heterocycles. The van der Waals surface area contributed by atoms with Gasteiger partial charge in [0.2, 0.25) is 5.91 Å². The molecule has 21 heavy (non-hydrogen) atoms. The fraction of sp³-hybridized carbons (Fsp3) is 0.267. The summed E-state index contributed by atoms with van der Waals surface area (Å²) in [6, 6.07) is 9.86. The van der Waals surface area contributed by atoms with Crippen molar-refractivity contribution in [3.63, 3.8) is 0 Å². The number of hydrogen-bond donors (Lipinski definition) is 2. The van der Waals surface area contributed by atoms with E-state index in [0.29, 0.717) is 18.7 Å². The van der Waals surface area contributed by atoms with Crippen LogP contribution in [0.3, 0.4) is 0 Å². The number of hydrogen-bond acceptors (Lipinski definition) is 3. The number of benzene rings is 1. The number of nitrogens with one attached hydrogen (secondary N) is 2. The second kappa shape index (κ2) is 7.23. The van der Waals surface area contributed by atoms with E-state index in [1.165, 1.54) is 6.20 Å². The van der Waals surface area contributed by atoms with Gasteiger partial charge in [0.05, 0.1) is 24.8 Å². The molecular weight excluding hydrogens is 268 g/mol. The smallest absolute Gasteiger partial charge is 0.254 e. The molecule has 0 saturated heterocycles. The summed E-state index contributed by atoms with van der Waals surface area (Å²) in [4.78, 5) is 23.2. The second-order valence-electron chi connectivity index (χ2n) is 4.55. The van der Waals surface area contributed by atoms with Gasteiger partial charge in [-0.2, -0.15) is 5.10 Å². The number of carbonyl (C=O) groups is 2. The summed E-state index contributed by atoms with van der Waals surface area (Å²) in [7, 11) is 0. The van der Waals surface area contributed by atoms with Crippen molar-refractivity contribution in [2.75, 3.05) is 13.1 Å². The molecule has 110 valence electrons. The van der Waals surface area contributed by atoms with Crippen LogP contribution in [0.15, 0.2) is 42.7 Å². The molecule has 2 aromatic rings. The first-order chi connectivity index (χ1) is 10.2. The average molecular weight is 286 g/mol. The second-order valence-corrected chi connectivity index (χ2v) is 4.55. The van der Waals surface area contributed by atoms with Gasteiger partial charge in [0.1, 0.15) is 0 Å². The van der Waals surface area contributed by atoms with E-state index in [0.717, 1.165) is 5.56 Å². The Kier molecular flexibility index (Phi) is 5.09. The molecule has 1 aromatic heterocycles. The van der Waals surface area contributed by atoms with Crippen LogP contribution >= 0.6 is 0 Å². The lowest BCUT2D eigenvalue weighted by Gasteiger charge is -2.03. The minimum absolute atomic E-state index is 0.0312. The van der Waals surface area contributed by atoms with Crippen molar-refractivity contribution in [1.82, 2.24) is 20.4 Å². The van der Waals surface area contributed by atoms with Gasteiger partial charge in [0.25, 0.3) is 5.91 Å². The lowest BCUT2D eigenvalue weighted by atomic mass is 10.2. The van der Waals surface area contributed by atoms with Crippen molar-refractivity contribution in [3.05, 3.63) is 53.9 Å². The minimum Gasteiger partial charge on any atom is -0.355 e. The van der Waals surface area contributed by atoms with Crippen LogP contribution in [0.25, 0.3) is 0 Å². The van der Waals surface area contributed by atoms with E-state index in [-0.39, 0.29) is 18.4 Å². The number of likely N-dealkylation sites (N-methyl/N-ethyl adjacent to an activating group) is 1. The molecule has 0 fully saturated rings. The van der Waals surface area contributed by atoms with Crippen LogP contribution in [0, 0.1) is 0 Å².